The van der Waals surface area contributed by atoms with Gasteiger partial charge in [-0.1, -0.05) is 0 Å². The van der Waals surface area contributed by atoms with Crippen molar-refractivity contribution in [2.75, 3.05) is 26.2 Å². The van der Waals surface area contributed by atoms with Gasteiger partial charge in [0.2, 0.25) is 0 Å². The van der Waals surface area contributed by atoms with E-state index in [1.54, 1.807) is 4.90 Å². The van der Waals surface area contributed by atoms with Crippen LogP contribution in [-0.4, -0.2) is 48.2 Å². The van der Waals surface area contributed by atoms with Crippen molar-refractivity contribution in [3.63, 3.8) is 0 Å². The minimum atomic E-state index is -0.0295. The minimum Gasteiger partial charge on any atom is -0.395 e. The predicted molar refractivity (Wildman–Crippen MR) is 90.9 cm³/mol. The number of halogens is 2. The highest BCUT2D eigenvalue weighted by Crippen LogP contribution is 2.21. The number of hydrogen-bond donors (Lipinski definition) is 2. The van der Waals surface area contributed by atoms with Crippen LogP contribution in [0, 0.1) is 3.57 Å². The average Bonchev–Trinajstić information content (AvgIpc) is 2.93. The Hall–Kier alpha value is -0.180. The van der Waals surface area contributed by atoms with Crippen LogP contribution in [0.1, 0.15) is 23.2 Å². The number of nitrogens with zero attached hydrogens (tertiary/aromatic N) is 1. The molecule has 1 atom stereocenters. The molecule has 2 rings (SSSR count). The SMILES string of the molecule is O=C(c1cc(I)ccc1Br)N(CCO)CC1CCCN1. The second-order valence-corrected chi connectivity index (χ2v) is 6.99. The van der Waals surface area contributed by atoms with Gasteiger partial charge in [0.15, 0.2) is 0 Å². The predicted octanol–water partition coefficient (Wildman–Crippen LogP) is 2.24. The van der Waals surface area contributed by atoms with E-state index in [1.165, 1.54) is 0 Å². The molecule has 1 saturated heterocycles. The minimum absolute atomic E-state index is 0.0139. The van der Waals surface area contributed by atoms with Crippen molar-refractivity contribution in [3.05, 3.63) is 31.8 Å². The highest BCUT2D eigenvalue weighted by molar-refractivity contribution is 14.1. The number of benzene rings is 1. The molecule has 0 spiro atoms. The smallest absolute Gasteiger partial charge is 0.255 e. The van der Waals surface area contributed by atoms with Crippen molar-refractivity contribution in [3.8, 4) is 0 Å². The van der Waals surface area contributed by atoms with E-state index < -0.39 is 0 Å². The van der Waals surface area contributed by atoms with E-state index in [4.69, 9.17) is 0 Å². The van der Waals surface area contributed by atoms with Crippen molar-refractivity contribution in [2.24, 2.45) is 0 Å². The van der Waals surface area contributed by atoms with Crippen molar-refractivity contribution in [1.82, 2.24) is 10.2 Å². The fourth-order valence-corrected chi connectivity index (χ4v) is 3.31. The number of amides is 1. The topological polar surface area (TPSA) is 52.6 Å². The fraction of sp³-hybridized carbons (Fsp3) is 0.500. The van der Waals surface area contributed by atoms with Crippen molar-refractivity contribution in [1.29, 1.82) is 0 Å². The summed E-state index contributed by atoms with van der Waals surface area (Å²) in [5, 5.41) is 12.6. The van der Waals surface area contributed by atoms with Crippen LogP contribution in [0.4, 0.5) is 0 Å². The average molecular weight is 453 g/mol. The van der Waals surface area contributed by atoms with Gasteiger partial charge >= 0.3 is 0 Å². The molecule has 0 bridgehead atoms. The van der Waals surface area contributed by atoms with E-state index in [-0.39, 0.29) is 12.5 Å². The molecule has 1 fully saturated rings. The number of aliphatic hydroxyl groups excluding tert-OH is 1. The quantitative estimate of drug-likeness (QED) is 0.673. The number of nitrogens with one attached hydrogen (secondary N) is 1. The summed E-state index contributed by atoms with van der Waals surface area (Å²) < 4.78 is 1.82. The molecule has 2 N–H and O–H groups in total. The number of hydrogen-bond acceptors (Lipinski definition) is 3. The lowest BCUT2D eigenvalue weighted by Crippen LogP contribution is -2.42. The first-order valence-corrected chi connectivity index (χ1v) is 8.57. The molecule has 1 unspecified atom stereocenters. The van der Waals surface area contributed by atoms with E-state index in [2.05, 4.69) is 43.8 Å². The molecule has 6 heteroatoms. The van der Waals surface area contributed by atoms with E-state index in [1.807, 2.05) is 18.2 Å². The summed E-state index contributed by atoms with van der Waals surface area (Å²) in [7, 11) is 0. The number of aliphatic hydroxyl groups is 1. The standard InChI is InChI=1S/C14H18BrIN2O2/c15-13-4-3-10(16)8-12(13)14(20)18(6-7-19)9-11-2-1-5-17-11/h3-4,8,11,17,19H,1-2,5-7,9H2. The Labute approximate surface area is 141 Å². The van der Waals surface area contributed by atoms with Crippen molar-refractivity contribution in [2.45, 2.75) is 18.9 Å². The zero-order valence-electron chi connectivity index (χ0n) is 11.1. The highest BCUT2D eigenvalue weighted by Gasteiger charge is 2.23. The zero-order chi connectivity index (χ0) is 14.5. The summed E-state index contributed by atoms with van der Waals surface area (Å²) in [5.41, 5.74) is 0.656. The molecule has 1 aliphatic heterocycles. The molecular formula is C14H18BrIN2O2. The molecule has 1 aromatic rings. The van der Waals surface area contributed by atoms with Gasteiger partial charge in [-0.05, 0) is 76.1 Å². The van der Waals surface area contributed by atoms with Crippen LogP contribution < -0.4 is 5.32 Å². The summed E-state index contributed by atoms with van der Waals surface area (Å²) in [6, 6.07) is 6.06. The molecule has 1 aromatic carbocycles. The molecule has 0 aliphatic carbocycles. The molecule has 0 radical (unpaired) electrons. The highest BCUT2D eigenvalue weighted by atomic mass is 127. The van der Waals surface area contributed by atoms with Gasteiger partial charge in [0.25, 0.3) is 5.91 Å². The number of carbonyl (C=O) groups excluding carboxylic acids is 1. The second kappa shape index (κ2) is 7.72. The third-order valence-corrected chi connectivity index (χ3v) is 4.78. The normalized spacial score (nSPS) is 18.2. The molecule has 0 aromatic heterocycles. The lowest BCUT2D eigenvalue weighted by Gasteiger charge is -2.25. The Morgan fingerprint density at radius 1 is 1.55 bits per heavy atom. The van der Waals surface area contributed by atoms with Crippen LogP contribution in [0.5, 0.6) is 0 Å². The van der Waals surface area contributed by atoms with Crippen LogP contribution in [0.3, 0.4) is 0 Å². The molecule has 1 amide bonds. The number of carbonyl (C=O) groups is 1. The summed E-state index contributed by atoms with van der Waals surface area (Å²) in [4.78, 5) is 14.4. The Morgan fingerprint density at radius 3 is 3.00 bits per heavy atom. The van der Waals surface area contributed by atoms with Crippen LogP contribution in [0.15, 0.2) is 22.7 Å². The molecule has 1 heterocycles. The van der Waals surface area contributed by atoms with Crippen molar-refractivity contribution >= 4 is 44.4 Å². The zero-order valence-corrected chi connectivity index (χ0v) is 14.9. The van der Waals surface area contributed by atoms with E-state index in [9.17, 15) is 9.90 Å². The summed E-state index contributed by atoms with van der Waals surface area (Å²) in [5.74, 6) is -0.0295. The van der Waals surface area contributed by atoms with Crippen LogP contribution >= 0.6 is 38.5 Å². The maximum atomic E-state index is 12.6. The van der Waals surface area contributed by atoms with E-state index >= 15 is 0 Å². The molecule has 20 heavy (non-hydrogen) atoms. The van der Waals surface area contributed by atoms with Crippen LogP contribution in [-0.2, 0) is 0 Å². The maximum Gasteiger partial charge on any atom is 0.255 e. The van der Waals surface area contributed by atoms with Gasteiger partial charge < -0.3 is 15.3 Å². The van der Waals surface area contributed by atoms with E-state index in [0.717, 1.165) is 27.4 Å². The molecule has 1 aliphatic rings. The summed E-state index contributed by atoms with van der Waals surface area (Å²) >= 11 is 5.63. The first-order chi connectivity index (χ1) is 9.61. The molecule has 110 valence electrons. The number of rotatable bonds is 5. The summed E-state index contributed by atoms with van der Waals surface area (Å²) in [6.45, 7) is 2.02. The third kappa shape index (κ3) is 4.16. The van der Waals surface area contributed by atoms with Gasteiger partial charge in [-0.2, -0.15) is 0 Å². The second-order valence-electron chi connectivity index (χ2n) is 4.89. The van der Waals surface area contributed by atoms with Gasteiger partial charge in [-0.15, -0.1) is 0 Å². The maximum absolute atomic E-state index is 12.6. The Kier molecular flexibility index (Phi) is 6.25. The monoisotopic (exact) mass is 452 g/mol. The van der Waals surface area contributed by atoms with Crippen LogP contribution in [0.25, 0.3) is 0 Å². The van der Waals surface area contributed by atoms with E-state index in [0.29, 0.717) is 24.7 Å². The molecule has 0 saturated carbocycles. The Bertz CT molecular complexity index is 478. The van der Waals surface area contributed by atoms with Crippen molar-refractivity contribution < 1.29 is 9.90 Å². The van der Waals surface area contributed by atoms with Gasteiger partial charge in [-0.25, -0.2) is 0 Å². The largest absolute Gasteiger partial charge is 0.395 e. The van der Waals surface area contributed by atoms with Gasteiger partial charge in [0.1, 0.15) is 0 Å². The first kappa shape index (κ1) is 16.2. The molecule has 4 nitrogen and oxygen atoms in total. The van der Waals surface area contributed by atoms with Gasteiger partial charge in [-0.3, -0.25) is 4.79 Å². The van der Waals surface area contributed by atoms with Crippen LogP contribution in [0.2, 0.25) is 0 Å². The van der Waals surface area contributed by atoms with Gasteiger partial charge in [0.05, 0.1) is 12.2 Å². The third-order valence-electron chi connectivity index (χ3n) is 3.42. The molecular weight excluding hydrogens is 435 g/mol. The lowest BCUT2D eigenvalue weighted by atomic mass is 10.1. The summed E-state index contributed by atoms with van der Waals surface area (Å²) in [6.07, 6.45) is 2.24. The fourth-order valence-electron chi connectivity index (χ4n) is 2.41. The lowest BCUT2D eigenvalue weighted by molar-refractivity contribution is 0.0705. The Morgan fingerprint density at radius 2 is 2.35 bits per heavy atom. The first-order valence-electron chi connectivity index (χ1n) is 6.70. The van der Waals surface area contributed by atoms with Gasteiger partial charge in [0, 0.05) is 27.2 Å². The Balaban J connectivity index is 2.14.